The molecule has 1 aromatic carbocycles. The Balaban J connectivity index is 1.65. The molecule has 3 rings (SSSR count). The molecule has 0 spiro atoms. The van der Waals surface area contributed by atoms with E-state index in [1.807, 2.05) is 33.2 Å². The highest BCUT2D eigenvalue weighted by atomic mass is 16.5. The molecule has 0 radical (unpaired) electrons. The van der Waals surface area contributed by atoms with Crippen LogP contribution >= 0.6 is 0 Å². The first-order valence-electron chi connectivity index (χ1n) is 8.73. The van der Waals surface area contributed by atoms with Crippen molar-refractivity contribution >= 4 is 0 Å². The van der Waals surface area contributed by atoms with E-state index in [2.05, 4.69) is 58.1 Å². The Morgan fingerprint density at radius 3 is 2.40 bits per heavy atom. The number of hydrogen-bond donors (Lipinski definition) is 1. The fourth-order valence-electron chi connectivity index (χ4n) is 3.26. The molecule has 5 heteroatoms. The Hall–Kier alpha value is -2.40. The number of nitrogens with zero attached hydrogens (tertiary/aromatic N) is 3. The van der Waals surface area contributed by atoms with Gasteiger partial charge in [0.2, 0.25) is 0 Å². The van der Waals surface area contributed by atoms with Crippen molar-refractivity contribution in [3.8, 4) is 5.69 Å². The summed E-state index contributed by atoms with van der Waals surface area (Å²) in [6.07, 6.45) is 4.72. The van der Waals surface area contributed by atoms with Crippen molar-refractivity contribution in [1.29, 1.82) is 0 Å². The average molecular weight is 338 g/mol. The first kappa shape index (κ1) is 17.4. The lowest BCUT2D eigenvalue weighted by Crippen LogP contribution is -2.31. The summed E-state index contributed by atoms with van der Waals surface area (Å²) in [5, 5.41) is 7.70. The molecular formula is C20H26N4O. The Labute approximate surface area is 149 Å². The topological polar surface area (TPSA) is 55.9 Å². The van der Waals surface area contributed by atoms with Crippen LogP contribution < -0.4 is 5.32 Å². The standard InChI is InChI=1S/C20H26N4O/c1-13(12-20-15(3)23-25-16(20)4)22-14(2)18-6-8-19(9-7-18)24-11-10-21-17(24)5/h6-11,13-14,22H,12H2,1-5H3/t13-,14-/m1/s1. The number of hydrogen-bond acceptors (Lipinski definition) is 4. The second kappa shape index (κ2) is 7.23. The maximum atomic E-state index is 5.26. The van der Waals surface area contributed by atoms with Crippen LogP contribution in [0.3, 0.4) is 0 Å². The van der Waals surface area contributed by atoms with Crippen LogP contribution in [0.4, 0.5) is 0 Å². The van der Waals surface area contributed by atoms with Crippen LogP contribution in [0, 0.1) is 20.8 Å². The van der Waals surface area contributed by atoms with Crippen LogP contribution in [0.25, 0.3) is 5.69 Å². The van der Waals surface area contributed by atoms with Crippen LogP contribution in [-0.2, 0) is 6.42 Å². The molecule has 2 heterocycles. The lowest BCUT2D eigenvalue weighted by molar-refractivity contribution is 0.391. The molecule has 0 aliphatic carbocycles. The third kappa shape index (κ3) is 3.82. The zero-order valence-electron chi connectivity index (χ0n) is 15.6. The van der Waals surface area contributed by atoms with Gasteiger partial charge < -0.3 is 14.4 Å². The third-order valence-electron chi connectivity index (χ3n) is 4.72. The molecule has 0 amide bonds. The summed E-state index contributed by atoms with van der Waals surface area (Å²) in [6, 6.07) is 9.24. The van der Waals surface area contributed by atoms with Gasteiger partial charge in [-0.25, -0.2) is 4.98 Å². The molecule has 0 saturated heterocycles. The predicted molar refractivity (Wildman–Crippen MR) is 99.0 cm³/mol. The fraction of sp³-hybridized carbons (Fsp3) is 0.400. The van der Waals surface area contributed by atoms with Gasteiger partial charge in [-0.2, -0.15) is 0 Å². The summed E-state index contributed by atoms with van der Waals surface area (Å²) in [6.45, 7) is 10.4. The van der Waals surface area contributed by atoms with Crippen LogP contribution in [0.15, 0.2) is 41.2 Å². The third-order valence-corrected chi connectivity index (χ3v) is 4.72. The van der Waals surface area contributed by atoms with Crippen molar-refractivity contribution in [2.45, 2.75) is 53.1 Å². The van der Waals surface area contributed by atoms with E-state index in [0.717, 1.165) is 29.4 Å². The summed E-state index contributed by atoms with van der Waals surface area (Å²) in [5.41, 5.74) is 4.60. The second-order valence-corrected chi connectivity index (χ2v) is 6.73. The highest BCUT2D eigenvalue weighted by Gasteiger charge is 2.15. The van der Waals surface area contributed by atoms with Crippen molar-refractivity contribution < 1.29 is 4.52 Å². The highest BCUT2D eigenvalue weighted by Crippen LogP contribution is 2.19. The molecule has 3 aromatic rings. The Morgan fingerprint density at radius 1 is 1.12 bits per heavy atom. The Kier molecular flexibility index (Phi) is 5.04. The van der Waals surface area contributed by atoms with Gasteiger partial charge in [0.15, 0.2) is 0 Å². The fourth-order valence-corrected chi connectivity index (χ4v) is 3.26. The van der Waals surface area contributed by atoms with Gasteiger partial charge >= 0.3 is 0 Å². The van der Waals surface area contributed by atoms with Crippen molar-refractivity contribution in [2.24, 2.45) is 0 Å². The summed E-state index contributed by atoms with van der Waals surface area (Å²) in [7, 11) is 0. The maximum Gasteiger partial charge on any atom is 0.137 e. The quantitative estimate of drug-likeness (QED) is 0.736. The van der Waals surface area contributed by atoms with Gasteiger partial charge in [-0.05, 0) is 58.7 Å². The van der Waals surface area contributed by atoms with E-state index in [0.29, 0.717) is 6.04 Å². The number of imidazole rings is 1. The van der Waals surface area contributed by atoms with Crippen molar-refractivity contribution in [3.05, 3.63) is 65.1 Å². The van der Waals surface area contributed by atoms with E-state index in [9.17, 15) is 0 Å². The monoisotopic (exact) mass is 338 g/mol. The van der Waals surface area contributed by atoms with E-state index in [1.165, 1.54) is 11.1 Å². The minimum Gasteiger partial charge on any atom is -0.361 e. The Bertz CT molecular complexity index is 812. The number of aryl methyl sites for hydroxylation is 3. The summed E-state index contributed by atoms with van der Waals surface area (Å²) in [4.78, 5) is 4.28. The first-order chi connectivity index (χ1) is 12.0. The van der Waals surface area contributed by atoms with Crippen LogP contribution in [-0.4, -0.2) is 20.7 Å². The van der Waals surface area contributed by atoms with Crippen molar-refractivity contribution in [2.75, 3.05) is 0 Å². The van der Waals surface area contributed by atoms with Gasteiger partial charge in [0.25, 0.3) is 0 Å². The molecule has 0 aliphatic rings. The molecule has 0 unspecified atom stereocenters. The van der Waals surface area contributed by atoms with Gasteiger partial charge in [-0.1, -0.05) is 17.3 Å². The molecule has 0 saturated carbocycles. The minimum absolute atomic E-state index is 0.272. The lowest BCUT2D eigenvalue weighted by atomic mass is 10.0. The van der Waals surface area contributed by atoms with Gasteiger partial charge in [0, 0.05) is 35.7 Å². The van der Waals surface area contributed by atoms with E-state index in [-0.39, 0.29) is 6.04 Å². The Morgan fingerprint density at radius 2 is 1.84 bits per heavy atom. The molecule has 1 N–H and O–H groups in total. The predicted octanol–water partition coefficient (Wildman–Crippen LogP) is 4.07. The molecule has 25 heavy (non-hydrogen) atoms. The summed E-state index contributed by atoms with van der Waals surface area (Å²) < 4.78 is 7.34. The number of rotatable bonds is 6. The zero-order valence-corrected chi connectivity index (χ0v) is 15.6. The van der Waals surface area contributed by atoms with Gasteiger partial charge in [0.1, 0.15) is 11.6 Å². The van der Waals surface area contributed by atoms with E-state index < -0.39 is 0 Å². The number of aromatic nitrogens is 3. The van der Waals surface area contributed by atoms with E-state index in [4.69, 9.17) is 4.52 Å². The average Bonchev–Trinajstić information content (AvgIpc) is 3.15. The summed E-state index contributed by atoms with van der Waals surface area (Å²) in [5.74, 6) is 1.91. The largest absolute Gasteiger partial charge is 0.361 e. The van der Waals surface area contributed by atoms with Crippen molar-refractivity contribution in [3.63, 3.8) is 0 Å². The van der Waals surface area contributed by atoms with Gasteiger partial charge in [-0.3, -0.25) is 0 Å². The maximum absolute atomic E-state index is 5.26. The normalized spacial score (nSPS) is 13.8. The molecule has 0 aliphatic heterocycles. The molecule has 0 bridgehead atoms. The molecule has 5 nitrogen and oxygen atoms in total. The second-order valence-electron chi connectivity index (χ2n) is 6.73. The highest BCUT2D eigenvalue weighted by molar-refractivity contribution is 5.36. The molecule has 132 valence electrons. The van der Waals surface area contributed by atoms with Crippen LogP contribution in [0.1, 0.15) is 48.3 Å². The molecule has 2 aromatic heterocycles. The molecular weight excluding hydrogens is 312 g/mol. The van der Waals surface area contributed by atoms with Gasteiger partial charge in [0.05, 0.1) is 5.69 Å². The molecule has 2 atom stereocenters. The van der Waals surface area contributed by atoms with Crippen LogP contribution in [0.5, 0.6) is 0 Å². The van der Waals surface area contributed by atoms with E-state index >= 15 is 0 Å². The lowest BCUT2D eigenvalue weighted by Gasteiger charge is -2.21. The summed E-state index contributed by atoms with van der Waals surface area (Å²) >= 11 is 0. The first-order valence-corrected chi connectivity index (χ1v) is 8.73. The van der Waals surface area contributed by atoms with Crippen LogP contribution in [0.2, 0.25) is 0 Å². The van der Waals surface area contributed by atoms with Crippen molar-refractivity contribution in [1.82, 2.24) is 20.0 Å². The minimum atomic E-state index is 0.272. The molecule has 0 fully saturated rings. The van der Waals surface area contributed by atoms with Gasteiger partial charge in [-0.15, -0.1) is 0 Å². The SMILES string of the molecule is Cc1noc(C)c1C[C@@H](C)N[C@H](C)c1ccc(-n2ccnc2C)cc1. The zero-order chi connectivity index (χ0) is 18.0. The number of nitrogens with one attached hydrogen (secondary N) is 1. The number of benzene rings is 1. The van der Waals surface area contributed by atoms with E-state index in [1.54, 1.807) is 0 Å². The smallest absolute Gasteiger partial charge is 0.137 e.